The van der Waals surface area contributed by atoms with Gasteiger partial charge in [0, 0.05) is 45.8 Å². The van der Waals surface area contributed by atoms with Gasteiger partial charge in [-0.2, -0.15) is 0 Å². The highest BCUT2D eigenvalue weighted by atomic mass is 16.5. The van der Waals surface area contributed by atoms with E-state index in [9.17, 15) is 4.79 Å². The Balaban J connectivity index is 1.31. The maximum absolute atomic E-state index is 12.2. The van der Waals surface area contributed by atoms with E-state index in [0.717, 1.165) is 19.0 Å². The Morgan fingerprint density at radius 2 is 1.81 bits per heavy atom. The van der Waals surface area contributed by atoms with Crippen LogP contribution < -0.4 is 0 Å². The first-order valence-electron chi connectivity index (χ1n) is 10.1. The van der Waals surface area contributed by atoms with Crippen molar-refractivity contribution in [1.82, 2.24) is 9.80 Å². The third-order valence-electron chi connectivity index (χ3n) is 6.29. The molecule has 1 aromatic carbocycles. The van der Waals surface area contributed by atoms with Crippen LogP contribution >= 0.6 is 0 Å². The van der Waals surface area contributed by atoms with Crippen LogP contribution in [0.2, 0.25) is 0 Å². The first-order chi connectivity index (χ1) is 12.7. The number of carbonyl (C=O) groups is 1. The van der Waals surface area contributed by atoms with Crippen LogP contribution in [0.4, 0.5) is 0 Å². The lowest BCUT2D eigenvalue weighted by molar-refractivity contribution is -0.136. The molecule has 0 radical (unpaired) electrons. The Bertz CT molecular complexity index is 653. The van der Waals surface area contributed by atoms with Crippen LogP contribution in [-0.2, 0) is 16.1 Å². The van der Waals surface area contributed by atoms with Gasteiger partial charge in [-0.25, -0.2) is 0 Å². The van der Waals surface area contributed by atoms with Gasteiger partial charge in [0.2, 0.25) is 0 Å². The third-order valence-corrected chi connectivity index (χ3v) is 6.29. The minimum Gasteiger partial charge on any atom is -0.372 e. The zero-order valence-electron chi connectivity index (χ0n) is 15.8. The maximum Gasteiger partial charge on any atom is 0.252 e. The van der Waals surface area contributed by atoms with Crippen molar-refractivity contribution in [3.8, 4) is 0 Å². The van der Waals surface area contributed by atoms with E-state index in [1.165, 1.54) is 56.3 Å². The standard InChI is InChI=1S/C22H30N2O2/c1-26-21-11-14-24(22(21)25)16-19-7-5-17(6-8-19)15-18-9-12-23(13-10-18)20-3-2-4-20/h5-8,15,20-21H,2-4,9-14,16H2,1H3. The van der Waals surface area contributed by atoms with Crippen molar-refractivity contribution >= 4 is 12.0 Å². The molecule has 1 aromatic rings. The van der Waals surface area contributed by atoms with Crippen LogP contribution in [0.3, 0.4) is 0 Å². The summed E-state index contributed by atoms with van der Waals surface area (Å²) in [5.74, 6) is 0.122. The molecular formula is C22H30N2O2. The number of methoxy groups -OCH3 is 1. The average Bonchev–Trinajstić information content (AvgIpc) is 2.97. The molecule has 1 aliphatic carbocycles. The molecule has 0 spiro atoms. The number of hydrogen-bond acceptors (Lipinski definition) is 3. The Morgan fingerprint density at radius 1 is 1.08 bits per heavy atom. The van der Waals surface area contributed by atoms with E-state index in [0.29, 0.717) is 6.54 Å². The lowest BCUT2D eigenvalue weighted by atomic mass is 9.89. The fraction of sp³-hybridized carbons (Fsp3) is 0.591. The number of amides is 1. The van der Waals surface area contributed by atoms with Crippen molar-refractivity contribution in [2.45, 2.75) is 57.2 Å². The summed E-state index contributed by atoms with van der Waals surface area (Å²) in [6.07, 6.45) is 9.57. The second-order valence-electron chi connectivity index (χ2n) is 7.94. The van der Waals surface area contributed by atoms with E-state index in [2.05, 4.69) is 35.2 Å². The zero-order chi connectivity index (χ0) is 17.9. The minimum atomic E-state index is -0.246. The molecule has 1 amide bonds. The summed E-state index contributed by atoms with van der Waals surface area (Å²) in [5, 5.41) is 0. The van der Waals surface area contributed by atoms with E-state index in [-0.39, 0.29) is 12.0 Å². The van der Waals surface area contributed by atoms with Crippen LogP contribution in [0.15, 0.2) is 29.8 Å². The lowest BCUT2D eigenvalue weighted by Gasteiger charge is -2.40. The van der Waals surface area contributed by atoms with Crippen molar-refractivity contribution in [3.05, 3.63) is 41.0 Å². The number of benzene rings is 1. The summed E-state index contributed by atoms with van der Waals surface area (Å²) in [5.41, 5.74) is 4.05. The molecule has 0 bridgehead atoms. The summed E-state index contributed by atoms with van der Waals surface area (Å²) < 4.78 is 5.23. The highest BCUT2D eigenvalue weighted by Crippen LogP contribution is 2.29. The molecule has 4 heteroatoms. The Kier molecular flexibility index (Phi) is 5.41. The van der Waals surface area contributed by atoms with Gasteiger partial charge in [-0.1, -0.05) is 42.3 Å². The van der Waals surface area contributed by atoms with E-state index in [1.807, 2.05) is 4.90 Å². The molecule has 2 aliphatic heterocycles. The maximum atomic E-state index is 12.2. The molecule has 4 rings (SSSR count). The second-order valence-corrected chi connectivity index (χ2v) is 7.94. The largest absolute Gasteiger partial charge is 0.372 e. The highest BCUT2D eigenvalue weighted by molar-refractivity contribution is 5.83. The highest BCUT2D eigenvalue weighted by Gasteiger charge is 2.31. The predicted octanol–water partition coefficient (Wildman–Crippen LogP) is 3.47. The fourth-order valence-corrected chi connectivity index (χ4v) is 4.33. The fourth-order valence-electron chi connectivity index (χ4n) is 4.33. The van der Waals surface area contributed by atoms with Crippen molar-refractivity contribution in [3.63, 3.8) is 0 Å². The van der Waals surface area contributed by atoms with E-state index in [1.54, 1.807) is 12.7 Å². The van der Waals surface area contributed by atoms with Crippen molar-refractivity contribution < 1.29 is 9.53 Å². The van der Waals surface area contributed by atoms with Gasteiger partial charge in [0.1, 0.15) is 6.10 Å². The molecule has 3 aliphatic rings. The molecule has 1 atom stereocenters. The molecule has 2 saturated heterocycles. The van der Waals surface area contributed by atoms with E-state index in [4.69, 9.17) is 4.74 Å². The molecule has 2 heterocycles. The van der Waals surface area contributed by atoms with Gasteiger partial charge in [0.15, 0.2) is 0 Å². The van der Waals surface area contributed by atoms with Gasteiger partial charge in [0.05, 0.1) is 0 Å². The summed E-state index contributed by atoms with van der Waals surface area (Å²) in [7, 11) is 1.62. The molecule has 26 heavy (non-hydrogen) atoms. The zero-order valence-corrected chi connectivity index (χ0v) is 15.8. The number of piperidine rings is 1. The average molecular weight is 354 g/mol. The monoisotopic (exact) mass is 354 g/mol. The molecule has 1 unspecified atom stereocenters. The van der Waals surface area contributed by atoms with Gasteiger partial charge >= 0.3 is 0 Å². The van der Waals surface area contributed by atoms with Crippen molar-refractivity contribution in [2.24, 2.45) is 0 Å². The number of nitrogens with zero attached hydrogens (tertiary/aromatic N) is 2. The number of carbonyl (C=O) groups excluding carboxylic acids is 1. The number of rotatable bonds is 5. The Morgan fingerprint density at radius 3 is 2.38 bits per heavy atom. The first kappa shape index (κ1) is 17.7. The number of likely N-dealkylation sites (tertiary alicyclic amines) is 2. The molecule has 140 valence electrons. The molecule has 4 nitrogen and oxygen atoms in total. The van der Waals surface area contributed by atoms with Crippen LogP contribution in [0, 0.1) is 0 Å². The summed E-state index contributed by atoms with van der Waals surface area (Å²) in [6.45, 7) is 3.94. The van der Waals surface area contributed by atoms with Crippen LogP contribution in [0.1, 0.15) is 49.7 Å². The van der Waals surface area contributed by atoms with Gasteiger partial charge in [0.25, 0.3) is 5.91 Å². The topological polar surface area (TPSA) is 32.8 Å². The summed E-state index contributed by atoms with van der Waals surface area (Å²) in [4.78, 5) is 16.7. The van der Waals surface area contributed by atoms with Crippen LogP contribution in [0.25, 0.3) is 6.08 Å². The number of hydrogen-bond donors (Lipinski definition) is 0. The smallest absolute Gasteiger partial charge is 0.252 e. The van der Waals surface area contributed by atoms with Crippen molar-refractivity contribution in [2.75, 3.05) is 26.7 Å². The molecule has 0 aromatic heterocycles. The predicted molar refractivity (Wildman–Crippen MR) is 104 cm³/mol. The quantitative estimate of drug-likeness (QED) is 0.812. The molecule has 3 fully saturated rings. The van der Waals surface area contributed by atoms with E-state index < -0.39 is 0 Å². The Hall–Kier alpha value is -1.65. The molecular weight excluding hydrogens is 324 g/mol. The van der Waals surface area contributed by atoms with Gasteiger partial charge < -0.3 is 9.64 Å². The van der Waals surface area contributed by atoms with Crippen LogP contribution in [0.5, 0.6) is 0 Å². The van der Waals surface area contributed by atoms with Gasteiger partial charge in [-0.3, -0.25) is 9.69 Å². The minimum absolute atomic E-state index is 0.122. The number of ether oxygens (including phenoxy) is 1. The Labute approximate surface area is 156 Å². The SMILES string of the molecule is COC1CCN(Cc2ccc(C=C3CCN(C4CCC4)CC3)cc2)C1=O. The second kappa shape index (κ2) is 7.93. The first-order valence-corrected chi connectivity index (χ1v) is 10.1. The van der Waals surface area contributed by atoms with Crippen LogP contribution in [-0.4, -0.2) is 54.6 Å². The summed E-state index contributed by atoms with van der Waals surface area (Å²) in [6, 6.07) is 9.57. The van der Waals surface area contributed by atoms with Gasteiger partial charge in [-0.15, -0.1) is 0 Å². The van der Waals surface area contributed by atoms with Crippen molar-refractivity contribution in [1.29, 1.82) is 0 Å². The normalized spacial score (nSPS) is 24.8. The lowest BCUT2D eigenvalue weighted by Crippen LogP contribution is -2.43. The summed E-state index contributed by atoms with van der Waals surface area (Å²) >= 11 is 0. The molecule has 0 N–H and O–H groups in total. The third kappa shape index (κ3) is 3.86. The molecule has 1 saturated carbocycles. The van der Waals surface area contributed by atoms with Gasteiger partial charge in [-0.05, 0) is 36.8 Å². The van der Waals surface area contributed by atoms with E-state index >= 15 is 0 Å².